The minimum Gasteiger partial charge on any atom is -0.379 e. The van der Waals surface area contributed by atoms with Gasteiger partial charge >= 0.3 is 0 Å². The van der Waals surface area contributed by atoms with E-state index in [0.29, 0.717) is 11.0 Å². The summed E-state index contributed by atoms with van der Waals surface area (Å²) in [6.07, 6.45) is 1.85. The van der Waals surface area contributed by atoms with E-state index in [1.54, 1.807) is 15.9 Å². The van der Waals surface area contributed by atoms with Crippen LogP contribution >= 0.6 is 22.9 Å². The maximum absolute atomic E-state index is 13.8. The maximum atomic E-state index is 13.8. The number of anilines is 1. The molecule has 9 heteroatoms. The van der Waals surface area contributed by atoms with Crippen LogP contribution in [-0.2, 0) is 17.7 Å². The second kappa shape index (κ2) is 9.49. The highest BCUT2D eigenvalue weighted by Gasteiger charge is 2.24. The Morgan fingerprint density at radius 3 is 2.91 bits per heavy atom. The largest absolute Gasteiger partial charge is 0.379 e. The lowest BCUT2D eigenvalue weighted by Crippen LogP contribution is -2.37. The average molecular weight is 474 g/mol. The number of nitrogens with zero attached hydrogens (tertiary/aromatic N) is 4. The maximum Gasteiger partial charge on any atom is 0.268 e. The number of morpholine rings is 1. The summed E-state index contributed by atoms with van der Waals surface area (Å²) in [5.74, 6) is 0.582. The molecule has 0 spiro atoms. The van der Waals surface area contributed by atoms with Crippen LogP contribution in [0.1, 0.15) is 16.9 Å². The molecule has 0 radical (unpaired) electrons. The van der Waals surface area contributed by atoms with Gasteiger partial charge in [-0.15, -0.1) is 11.3 Å². The van der Waals surface area contributed by atoms with Gasteiger partial charge in [0.25, 0.3) is 5.56 Å². The molecule has 0 bridgehead atoms. The summed E-state index contributed by atoms with van der Waals surface area (Å²) in [4.78, 5) is 25.5. The molecule has 1 aromatic carbocycles. The van der Waals surface area contributed by atoms with E-state index in [0.717, 1.165) is 86.8 Å². The van der Waals surface area contributed by atoms with Gasteiger partial charge in [0, 0.05) is 42.6 Å². The second-order valence-corrected chi connectivity index (χ2v) is 9.98. The summed E-state index contributed by atoms with van der Waals surface area (Å²) in [6.45, 7) is 7.13. The molecule has 2 aromatic heterocycles. The fraction of sp³-hybridized carbons (Fsp3) is 0.478. The van der Waals surface area contributed by atoms with Crippen molar-refractivity contribution in [3.8, 4) is 5.69 Å². The van der Waals surface area contributed by atoms with Crippen molar-refractivity contribution in [3.05, 3.63) is 50.1 Å². The highest BCUT2D eigenvalue weighted by molar-refractivity contribution is 7.18. The first-order valence-electron chi connectivity index (χ1n) is 11.2. The van der Waals surface area contributed by atoms with Gasteiger partial charge in [-0.05, 0) is 50.2 Å². The van der Waals surface area contributed by atoms with Gasteiger partial charge in [0.1, 0.15) is 4.83 Å². The molecule has 1 saturated heterocycles. The van der Waals surface area contributed by atoms with Crippen LogP contribution < -0.4 is 10.9 Å². The van der Waals surface area contributed by atoms with E-state index in [1.807, 2.05) is 24.3 Å². The van der Waals surface area contributed by atoms with Gasteiger partial charge in [-0.25, -0.2) is 9.55 Å². The van der Waals surface area contributed by atoms with Crippen molar-refractivity contribution in [3.63, 3.8) is 0 Å². The van der Waals surface area contributed by atoms with E-state index in [2.05, 4.69) is 22.2 Å². The SMILES string of the molecule is CN1CCc2c(sc3nc(NCCCN4CCOCC4)n(-c4cccc(Cl)c4)c(=O)c23)C1. The molecule has 0 amide bonds. The number of rotatable bonds is 6. The van der Waals surface area contributed by atoms with E-state index in [9.17, 15) is 4.79 Å². The average Bonchev–Trinajstić information content (AvgIpc) is 3.15. The van der Waals surface area contributed by atoms with Crippen molar-refractivity contribution in [1.82, 2.24) is 19.4 Å². The molecule has 0 unspecified atom stereocenters. The lowest BCUT2D eigenvalue weighted by molar-refractivity contribution is 0.0378. The van der Waals surface area contributed by atoms with Gasteiger partial charge in [-0.2, -0.15) is 0 Å². The van der Waals surface area contributed by atoms with E-state index in [-0.39, 0.29) is 5.56 Å². The number of hydrogen-bond donors (Lipinski definition) is 1. The number of ether oxygens (including phenoxy) is 1. The predicted octanol–water partition coefficient (Wildman–Crippen LogP) is 3.22. The molecular weight excluding hydrogens is 446 g/mol. The number of benzene rings is 1. The van der Waals surface area contributed by atoms with Crippen molar-refractivity contribution in [2.45, 2.75) is 19.4 Å². The van der Waals surface area contributed by atoms with Gasteiger partial charge in [-0.1, -0.05) is 17.7 Å². The van der Waals surface area contributed by atoms with Crippen molar-refractivity contribution in [2.24, 2.45) is 0 Å². The first-order valence-corrected chi connectivity index (χ1v) is 12.4. The van der Waals surface area contributed by atoms with Crippen molar-refractivity contribution in [1.29, 1.82) is 0 Å². The summed E-state index contributed by atoms with van der Waals surface area (Å²) >= 11 is 7.91. The lowest BCUT2D eigenvalue weighted by atomic mass is 10.1. The van der Waals surface area contributed by atoms with Gasteiger partial charge < -0.3 is 15.0 Å². The molecule has 0 saturated carbocycles. The smallest absolute Gasteiger partial charge is 0.268 e. The van der Waals surface area contributed by atoms with Crippen molar-refractivity contribution >= 4 is 39.1 Å². The number of thiophene rings is 1. The van der Waals surface area contributed by atoms with Gasteiger partial charge in [-0.3, -0.25) is 9.69 Å². The molecule has 170 valence electrons. The van der Waals surface area contributed by atoms with E-state index >= 15 is 0 Å². The first kappa shape index (κ1) is 21.9. The third-order valence-corrected chi connectivity index (χ3v) is 7.52. The van der Waals surface area contributed by atoms with E-state index in [1.165, 1.54) is 4.88 Å². The van der Waals surface area contributed by atoms with Crippen LogP contribution in [0.4, 0.5) is 5.95 Å². The number of halogens is 1. The second-order valence-electron chi connectivity index (χ2n) is 8.46. The number of nitrogens with one attached hydrogen (secondary N) is 1. The fourth-order valence-corrected chi connectivity index (χ4v) is 5.95. The highest BCUT2D eigenvalue weighted by atomic mass is 35.5. The Labute approximate surface area is 196 Å². The monoisotopic (exact) mass is 473 g/mol. The number of likely N-dealkylation sites (N-methyl/N-ethyl adjacent to an activating group) is 1. The molecule has 4 heterocycles. The predicted molar refractivity (Wildman–Crippen MR) is 131 cm³/mol. The van der Waals surface area contributed by atoms with Crippen molar-refractivity contribution < 1.29 is 4.74 Å². The minimum absolute atomic E-state index is 0.0185. The van der Waals surface area contributed by atoms with Gasteiger partial charge in [0.2, 0.25) is 5.95 Å². The molecule has 0 atom stereocenters. The third-order valence-electron chi connectivity index (χ3n) is 6.17. The zero-order valence-electron chi connectivity index (χ0n) is 18.3. The van der Waals surface area contributed by atoms with Crippen LogP contribution in [0.2, 0.25) is 5.02 Å². The topological polar surface area (TPSA) is 62.6 Å². The molecule has 5 rings (SSSR count). The van der Waals surface area contributed by atoms with Crippen LogP contribution in [-0.4, -0.2) is 72.3 Å². The van der Waals surface area contributed by atoms with Gasteiger partial charge in [0.15, 0.2) is 0 Å². The summed E-state index contributed by atoms with van der Waals surface area (Å²) in [7, 11) is 2.12. The molecule has 1 fully saturated rings. The Kier molecular flexibility index (Phi) is 6.48. The molecule has 7 nitrogen and oxygen atoms in total. The van der Waals surface area contributed by atoms with Crippen LogP contribution in [0.15, 0.2) is 29.1 Å². The Morgan fingerprint density at radius 1 is 1.25 bits per heavy atom. The Hall–Kier alpha value is -1.97. The lowest BCUT2D eigenvalue weighted by Gasteiger charge is -2.26. The Balaban J connectivity index is 1.48. The molecular formula is C23H28ClN5O2S. The van der Waals surface area contributed by atoms with E-state index in [4.69, 9.17) is 21.3 Å². The molecule has 0 aliphatic carbocycles. The summed E-state index contributed by atoms with van der Waals surface area (Å²) in [5, 5.41) is 4.80. The standard InChI is InChI=1S/C23H28ClN5O2S/c1-27-9-6-18-19(15-27)32-21-20(18)22(30)29(17-5-2-4-16(24)14-17)23(26-21)25-7-3-8-28-10-12-31-13-11-28/h2,4-5,14H,3,6-13,15H2,1H3,(H,25,26). The molecule has 2 aliphatic heterocycles. The number of fused-ring (bicyclic) bond motifs is 3. The molecule has 3 aromatic rings. The summed E-state index contributed by atoms with van der Waals surface area (Å²) in [6, 6.07) is 7.42. The Morgan fingerprint density at radius 2 is 2.09 bits per heavy atom. The van der Waals surface area contributed by atoms with E-state index < -0.39 is 0 Å². The van der Waals surface area contributed by atoms with Gasteiger partial charge in [0.05, 0.1) is 24.3 Å². The summed E-state index contributed by atoms with van der Waals surface area (Å²) in [5.41, 5.74) is 1.88. The van der Waals surface area contributed by atoms with Crippen LogP contribution in [0, 0.1) is 0 Å². The highest BCUT2D eigenvalue weighted by Crippen LogP contribution is 2.33. The zero-order valence-corrected chi connectivity index (χ0v) is 19.8. The fourth-order valence-electron chi connectivity index (χ4n) is 4.47. The summed E-state index contributed by atoms with van der Waals surface area (Å²) < 4.78 is 7.12. The zero-order chi connectivity index (χ0) is 22.1. The molecule has 1 N–H and O–H groups in total. The molecule has 32 heavy (non-hydrogen) atoms. The van der Waals surface area contributed by atoms with Crippen LogP contribution in [0.25, 0.3) is 15.9 Å². The third kappa shape index (κ3) is 4.43. The number of aromatic nitrogens is 2. The normalized spacial score (nSPS) is 17.6. The number of hydrogen-bond acceptors (Lipinski definition) is 7. The quantitative estimate of drug-likeness (QED) is 0.555. The minimum atomic E-state index is -0.0185. The van der Waals surface area contributed by atoms with Crippen molar-refractivity contribution in [2.75, 3.05) is 58.3 Å². The Bertz CT molecular complexity index is 1170. The molecule has 2 aliphatic rings. The van der Waals surface area contributed by atoms with Crippen LogP contribution in [0.3, 0.4) is 0 Å². The van der Waals surface area contributed by atoms with Crippen LogP contribution in [0.5, 0.6) is 0 Å². The first-order chi connectivity index (χ1) is 15.6.